The molecule has 198 valence electrons. The first-order valence-electron chi connectivity index (χ1n) is 12.7. The Kier molecular flexibility index (Phi) is 8.36. The number of rotatable bonds is 6. The normalized spacial score (nSPS) is 23.4. The number of thiocarbonyl (C=S) groups is 1. The largest absolute Gasteiger partial charge is 0.359 e. The fourth-order valence-electron chi connectivity index (χ4n) is 5.91. The Bertz CT molecular complexity index is 1190. The van der Waals surface area contributed by atoms with Crippen molar-refractivity contribution in [2.45, 2.75) is 46.1 Å². The van der Waals surface area contributed by atoms with Gasteiger partial charge in [0.15, 0.2) is 5.11 Å². The average molecular weight is 562 g/mol. The predicted octanol–water partition coefficient (Wildman–Crippen LogP) is 6.37. The van der Waals surface area contributed by atoms with Gasteiger partial charge in [0.25, 0.3) is 5.91 Å². The minimum Gasteiger partial charge on any atom is -0.359 e. The van der Waals surface area contributed by atoms with Gasteiger partial charge in [-0.2, -0.15) is 0 Å². The highest BCUT2D eigenvalue weighted by molar-refractivity contribution is 7.80. The first-order chi connectivity index (χ1) is 17.5. The summed E-state index contributed by atoms with van der Waals surface area (Å²) in [7, 11) is 1.50. The van der Waals surface area contributed by atoms with Crippen LogP contribution >= 0.6 is 35.4 Å². The molecule has 0 heterocycles. The molecule has 3 aliphatic rings. The number of nitrogens with zero attached hydrogens (tertiary/aromatic N) is 1. The number of hydrogen-bond donors (Lipinski definition) is 3. The summed E-state index contributed by atoms with van der Waals surface area (Å²) in [6.45, 7) is 7.26. The molecule has 3 N–H and O–H groups in total. The monoisotopic (exact) mass is 560 g/mol. The van der Waals surface area contributed by atoms with Crippen LogP contribution in [0, 0.1) is 23.2 Å². The zero-order valence-corrected chi connectivity index (χ0v) is 23.9. The molecule has 0 spiro atoms. The van der Waals surface area contributed by atoms with Gasteiger partial charge in [-0.15, -0.1) is 0 Å². The molecule has 0 saturated heterocycles. The molecule has 0 radical (unpaired) electrons. The number of carbonyl (C=O) groups excluding carboxylic acids is 2. The quantitative estimate of drug-likeness (QED) is 0.358. The van der Waals surface area contributed by atoms with Crippen LogP contribution in [0.15, 0.2) is 42.5 Å². The number of benzene rings is 2. The second-order valence-corrected chi connectivity index (χ2v) is 12.0. The van der Waals surface area contributed by atoms with Crippen LogP contribution in [0.25, 0.3) is 0 Å². The Hall–Kier alpha value is -2.35. The Morgan fingerprint density at radius 2 is 1.81 bits per heavy atom. The van der Waals surface area contributed by atoms with Crippen LogP contribution in [0.2, 0.25) is 10.0 Å². The van der Waals surface area contributed by atoms with Gasteiger partial charge in [-0.25, -0.2) is 4.79 Å². The summed E-state index contributed by atoms with van der Waals surface area (Å²) < 4.78 is 0. The molecular weight excluding hydrogens is 527 g/mol. The first-order valence-corrected chi connectivity index (χ1v) is 13.8. The van der Waals surface area contributed by atoms with Crippen molar-refractivity contribution < 1.29 is 9.59 Å². The molecule has 3 fully saturated rings. The van der Waals surface area contributed by atoms with E-state index in [1.807, 2.05) is 0 Å². The van der Waals surface area contributed by atoms with Crippen LogP contribution in [0.5, 0.6) is 0 Å². The SMILES string of the molecule is CNC(=O)N(CCc1ccc(Cl)cc1Cl)C(=O)c1ccc(NC(=S)N[C@H]2C[C@@H]3C[C@H]([C@@H]2C)C3(C)C)cc1. The summed E-state index contributed by atoms with van der Waals surface area (Å²) in [4.78, 5) is 26.8. The third kappa shape index (κ3) is 5.89. The summed E-state index contributed by atoms with van der Waals surface area (Å²) in [6, 6.07) is 12.0. The molecule has 4 atom stereocenters. The molecule has 2 bridgehead atoms. The molecule has 2 aromatic carbocycles. The Balaban J connectivity index is 1.35. The van der Waals surface area contributed by atoms with Crippen LogP contribution in [0.4, 0.5) is 10.5 Å². The highest BCUT2D eigenvalue weighted by Crippen LogP contribution is 2.61. The van der Waals surface area contributed by atoms with Gasteiger partial charge in [0.1, 0.15) is 0 Å². The molecule has 0 aliphatic heterocycles. The van der Waals surface area contributed by atoms with Crippen molar-refractivity contribution in [1.29, 1.82) is 0 Å². The van der Waals surface area contributed by atoms with E-state index in [-0.39, 0.29) is 6.54 Å². The maximum atomic E-state index is 13.2. The number of fused-ring (bicyclic) bond motifs is 2. The van der Waals surface area contributed by atoms with Gasteiger partial charge in [-0.05, 0) is 96.6 Å². The minimum absolute atomic E-state index is 0.173. The number of hydrogen-bond acceptors (Lipinski definition) is 3. The number of amides is 3. The zero-order valence-electron chi connectivity index (χ0n) is 21.6. The van der Waals surface area contributed by atoms with E-state index in [1.54, 1.807) is 42.5 Å². The summed E-state index contributed by atoms with van der Waals surface area (Å²) >= 11 is 17.8. The smallest absolute Gasteiger partial charge is 0.324 e. The van der Waals surface area contributed by atoms with Crippen LogP contribution < -0.4 is 16.0 Å². The summed E-state index contributed by atoms with van der Waals surface area (Å²) in [5, 5.41) is 10.9. The third-order valence-electron chi connectivity index (χ3n) is 8.38. The molecule has 5 rings (SSSR count). The molecule has 3 amide bonds. The van der Waals surface area contributed by atoms with E-state index < -0.39 is 11.9 Å². The highest BCUT2D eigenvalue weighted by Gasteiger charge is 2.56. The van der Waals surface area contributed by atoms with Crippen LogP contribution in [0.3, 0.4) is 0 Å². The molecule has 3 saturated carbocycles. The van der Waals surface area contributed by atoms with Gasteiger partial charge in [0.2, 0.25) is 0 Å². The first kappa shape index (κ1) is 27.7. The maximum absolute atomic E-state index is 13.2. The summed E-state index contributed by atoms with van der Waals surface area (Å²) in [6.07, 6.45) is 2.87. The Morgan fingerprint density at radius 3 is 2.41 bits per heavy atom. The van der Waals surface area contributed by atoms with E-state index in [2.05, 4.69) is 36.7 Å². The number of halogens is 2. The lowest BCUT2D eigenvalue weighted by Crippen LogP contribution is -2.61. The minimum atomic E-state index is -0.481. The van der Waals surface area contributed by atoms with Crippen molar-refractivity contribution in [2.24, 2.45) is 23.2 Å². The average Bonchev–Trinajstić information content (AvgIpc) is 2.86. The van der Waals surface area contributed by atoms with E-state index in [0.29, 0.717) is 44.5 Å². The van der Waals surface area contributed by atoms with Crippen molar-refractivity contribution in [3.05, 3.63) is 63.6 Å². The van der Waals surface area contributed by atoms with Crippen LogP contribution in [0.1, 0.15) is 49.5 Å². The lowest BCUT2D eigenvalue weighted by atomic mass is 9.45. The van der Waals surface area contributed by atoms with Crippen molar-refractivity contribution in [1.82, 2.24) is 15.5 Å². The predicted molar refractivity (Wildman–Crippen MR) is 154 cm³/mol. The van der Waals surface area contributed by atoms with E-state index >= 15 is 0 Å². The number of imide groups is 1. The molecule has 2 aromatic rings. The molecule has 37 heavy (non-hydrogen) atoms. The zero-order chi connectivity index (χ0) is 26.9. The Labute approximate surface area is 234 Å². The number of carbonyl (C=O) groups is 2. The van der Waals surface area contributed by atoms with Crippen LogP contribution in [-0.2, 0) is 6.42 Å². The van der Waals surface area contributed by atoms with Gasteiger partial charge in [-0.3, -0.25) is 9.69 Å². The Morgan fingerprint density at radius 1 is 1.11 bits per heavy atom. The van der Waals surface area contributed by atoms with E-state index in [1.165, 1.54) is 18.4 Å². The lowest BCUT2D eigenvalue weighted by Gasteiger charge is -2.62. The van der Waals surface area contributed by atoms with Crippen molar-refractivity contribution in [3.63, 3.8) is 0 Å². The van der Waals surface area contributed by atoms with E-state index in [9.17, 15) is 9.59 Å². The van der Waals surface area contributed by atoms with Crippen LogP contribution in [-0.4, -0.2) is 41.6 Å². The summed E-state index contributed by atoms with van der Waals surface area (Å²) in [5.74, 6) is 1.65. The molecule has 0 unspecified atom stereocenters. The molecule has 0 aromatic heterocycles. The van der Waals surface area contributed by atoms with E-state index in [4.69, 9.17) is 35.4 Å². The van der Waals surface area contributed by atoms with E-state index in [0.717, 1.165) is 29.5 Å². The standard InChI is InChI=1S/C28H34Cl2N4O2S/c1-16-22-13-19(28(22,2)3)14-24(16)33-26(37)32-21-9-6-18(7-10-21)25(35)34(27(36)31-4)12-11-17-5-8-20(29)15-23(17)30/h5-10,15-16,19,22,24H,11-14H2,1-4H3,(H,31,36)(H2,32,33,37)/t16-,19-,22+,24-/m0/s1. The van der Waals surface area contributed by atoms with Crippen molar-refractivity contribution >= 4 is 58.2 Å². The second-order valence-electron chi connectivity index (χ2n) is 10.7. The number of anilines is 1. The van der Waals surface area contributed by atoms with Gasteiger partial charge in [0, 0.05) is 40.9 Å². The summed E-state index contributed by atoms with van der Waals surface area (Å²) in [5.41, 5.74) is 2.42. The van der Waals surface area contributed by atoms with Gasteiger partial charge in [-0.1, -0.05) is 50.0 Å². The van der Waals surface area contributed by atoms with Crippen molar-refractivity contribution in [3.8, 4) is 0 Å². The van der Waals surface area contributed by atoms with Gasteiger partial charge < -0.3 is 16.0 Å². The van der Waals surface area contributed by atoms with Crippen molar-refractivity contribution in [2.75, 3.05) is 18.9 Å². The number of nitrogens with one attached hydrogen (secondary N) is 3. The number of urea groups is 1. The molecule has 9 heteroatoms. The topological polar surface area (TPSA) is 73.5 Å². The fourth-order valence-corrected chi connectivity index (χ4v) is 6.69. The second kappa shape index (κ2) is 11.2. The fraction of sp³-hybridized carbons (Fsp3) is 0.464. The highest BCUT2D eigenvalue weighted by atomic mass is 35.5. The molecular formula is C28H34Cl2N4O2S. The lowest BCUT2D eigenvalue weighted by molar-refractivity contribution is -0.111. The third-order valence-corrected chi connectivity index (χ3v) is 9.19. The van der Waals surface area contributed by atoms with Gasteiger partial charge in [0.05, 0.1) is 0 Å². The molecule has 6 nitrogen and oxygen atoms in total. The molecule has 3 aliphatic carbocycles. The van der Waals surface area contributed by atoms with Gasteiger partial charge >= 0.3 is 6.03 Å². The maximum Gasteiger partial charge on any atom is 0.324 e.